The number of benzene rings is 1. The number of aliphatic hydroxyl groups excluding tert-OH is 1. The molecule has 0 aromatic heterocycles. The Morgan fingerprint density at radius 1 is 1.35 bits per heavy atom. The summed E-state index contributed by atoms with van der Waals surface area (Å²) in [6.45, 7) is 3.50. The first-order valence-corrected chi connectivity index (χ1v) is 6.78. The lowest BCUT2D eigenvalue weighted by Crippen LogP contribution is -2.19. The minimum absolute atomic E-state index is 0.540. The molecule has 0 saturated heterocycles. The monoisotopic (exact) mass is 250 g/mol. The van der Waals surface area contributed by atoms with Crippen LogP contribution in [0.5, 0.6) is 0 Å². The lowest BCUT2D eigenvalue weighted by atomic mass is 10.0. The average Bonchev–Trinajstić information content (AvgIpc) is 2.36. The molecule has 2 atom stereocenters. The summed E-state index contributed by atoms with van der Waals surface area (Å²) >= 11 is 1.65. The number of aliphatic hydroxyl groups is 2. The van der Waals surface area contributed by atoms with E-state index in [2.05, 4.69) is 11.8 Å². The highest BCUT2D eigenvalue weighted by molar-refractivity contribution is 7.98. The van der Waals surface area contributed by atoms with E-state index in [-0.39, 0.29) is 0 Å². The maximum Gasteiger partial charge on any atom is 0.140 e. The van der Waals surface area contributed by atoms with Crippen molar-refractivity contribution in [2.24, 2.45) is 0 Å². The molecule has 17 heavy (non-hydrogen) atoms. The zero-order chi connectivity index (χ0) is 12.9. The van der Waals surface area contributed by atoms with Crippen LogP contribution in [0.4, 0.5) is 0 Å². The number of rotatable bonds is 3. The summed E-state index contributed by atoms with van der Waals surface area (Å²) in [6.07, 6.45) is 1.70. The fraction of sp³-hybridized carbons (Fsp3) is 0.429. The molecule has 0 saturated carbocycles. The Morgan fingerprint density at radius 2 is 1.94 bits per heavy atom. The van der Waals surface area contributed by atoms with Crippen LogP contribution >= 0.6 is 11.8 Å². The highest BCUT2D eigenvalue weighted by Crippen LogP contribution is 2.19. The first-order chi connectivity index (χ1) is 7.98. The van der Waals surface area contributed by atoms with Crippen LogP contribution in [0.15, 0.2) is 29.2 Å². The molecule has 1 aromatic rings. The summed E-state index contributed by atoms with van der Waals surface area (Å²) in [6, 6.07) is 7.60. The maximum atomic E-state index is 9.85. The molecule has 0 amide bonds. The van der Waals surface area contributed by atoms with E-state index in [0.717, 1.165) is 10.5 Å². The second-order valence-electron chi connectivity index (χ2n) is 4.07. The van der Waals surface area contributed by atoms with Crippen molar-refractivity contribution in [3.05, 3.63) is 29.8 Å². The molecule has 0 heterocycles. The van der Waals surface area contributed by atoms with Gasteiger partial charge in [0.25, 0.3) is 0 Å². The predicted octanol–water partition coefficient (Wildman–Crippen LogP) is 2.61. The molecule has 1 aromatic carbocycles. The van der Waals surface area contributed by atoms with Crippen LogP contribution in [0.25, 0.3) is 0 Å². The molecule has 0 radical (unpaired) electrons. The van der Waals surface area contributed by atoms with E-state index >= 15 is 0 Å². The quantitative estimate of drug-likeness (QED) is 0.640. The Bertz CT molecular complexity index is 412. The van der Waals surface area contributed by atoms with E-state index in [1.54, 1.807) is 18.7 Å². The molecule has 0 aliphatic carbocycles. The van der Waals surface area contributed by atoms with Crippen molar-refractivity contribution in [3.63, 3.8) is 0 Å². The van der Waals surface area contributed by atoms with Gasteiger partial charge < -0.3 is 10.2 Å². The molecule has 92 valence electrons. The largest absolute Gasteiger partial charge is 0.378 e. The van der Waals surface area contributed by atoms with Crippen molar-refractivity contribution in [1.82, 2.24) is 0 Å². The molecule has 0 bridgehead atoms. The average molecular weight is 250 g/mol. The smallest absolute Gasteiger partial charge is 0.140 e. The molecule has 0 aliphatic rings. The summed E-state index contributed by atoms with van der Waals surface area (Å²) in [4.78, 5) is 1.15. The Labute approximate surface area is 107 Å². The first-order valence-electron chi connectivity index (χ1n) is 5.55. The highest BCUT2D eigenvalue weighted by atomic mass is 32.2. The lowest BCUT2D eigenvalue weighted by molar-refractivity contribution is 0.117. The van der Waals surface area contributed by atoms with Crippen LogP contribution in [-0.4, -0.2) is 22.1 Å². The Morgan fingerprint density at radius 3 is 2.41 bits per heavy atom. The first kappa shape index (κ1) is 14.1. The van der Waals surface area contributed by atoms with Crippen LogP contribution in [0.1, 0.15) is 31.9 Å². The normalized spacial score (nSPS) is 15.6. The van der Waals surface area contributed by atoms with Gasteiger partial charge in [-0.15, -0.1) is 11.8 Å². The van der Waals surface area contributed by atoms with Gasteiger partial charge in [-0.25, -0.2) is 0 Å². The second kappa shape index (κ2) is 6.11. The van der Waals surface area contributed by atoms with Crippen LogP contribution in [0.3, 0.4) is 0 Å². The van der Waals surface area contributed by atoms with Gasteiger partial charge in [-0.2, -0.15) is 0 Å². The van der Waals surface area contributed by atoms with E-state index in [1.807, 2.05) is 37.4 Å². The summed E-state index contributed by atoms with van der Waals surface area (Å²) < 4.78 is 0. The Hall–Kier alpha value is -0.950. The van der Waals surface area contributed by atoms with Crippen molar-refractivity contribution in [2.45, 2.75) is 36.9 Å². The molecular weight excluding hydrogens is 232 g/mol. The van der Waals surface area contributed by atoms with Crippen LogP contribution in [-0.2, 0) is 0 Å². The van der Waals surface area contributed by atoms with E-state index in [0.29, 0.717) is 6.42 Å². The van der Waals surface area contributed by atoms with Crippen molar-refractivity contribution < 1.29 is 10.2 Å². The van der Waals surface area contributed by atoms with Gasteiger partial charge in [0.05, 0.1) is 0 Å². The van der Waals surface area contributed by atoms with Gasteiger partial charge in [0, 0.05) is 4.90 Å². The van der Waals surface area contributed by atoms with Gasteiger partial charge in [0.2, 0.25) is 0 Å². The number of hydrogen-bond donors (Lipinski definition) is 2. The van der Waals surface area contributed by atoms with Gasteiger partial charge in [0.15, 0.2) is 0 Å². The third-order valence-corrected chi connectivity index (χ3v) is 3.34. The fourth-order valence-electron chi connectivity index (χ4n) is 1.18. The zero-order valence-corrected chi connectivity index (χ0v) is 11.2. The van der Waals surface area contributed by atoms with Gasteiger partial charge in [-0.1, -0.05) is 30.9 Å². The van der Waals surface area contributed by atoms with Crippen LogP contribution < -0.4 is 0 Å². The summed E-state index contributed by atoms with van der Waals surface area (Å²) in [7, 11) is 0. The molecule has 3 heteroatoms. The molecular formula is C14H18O2S. The van der Waals surface area contributed by atoms with Crippen molar-refractivity contribution in [2.75, 3.05) is 6.26 Å². The fourth-order valence-corrected chi connectivity index (χ4v) is 1.59. The molecule has 2 nitrogen and oxygen atoms in total. The standard InChI is InChI=1S/C14H18O2S/c1-4-14(2,16)10-9-13(15)11-5-7-12(17-3)8-6-11/h5-8,13,15-16H,4H2,1-3H3/t13-,14-/m1/s1. The Balaban J connectivity index is 2.79. The van der Waals surface area contributed by atoms with Gasteiger partial charge >= 0.3 is 0 Å². The molecule has 0 fully saturated rings. The lowest BCUT2D eigenvalue weighted by Gasteiger charge is -2.13. The molecule has 2 N–H and O–H groups in total. The molecule has 1 rings (SSSR count). The SMILES string of the molecule is CC[C@@](C)(O)C#C[C@@H](O)c1ccc(SC)cc1. The van der Waals surface area contributed by atoms with Crippen molar-refractivity contribution in [1.29, 1.82) is 0 Å². The van der Waals surface area contributed by atoms with Crippen LogP contribution in [0.2, 0.25) is 0 Å². The summed E-state index contributed by atoms with van der Waals surface area (Å²) in [5.74, 6) is 5.36. The minimum Gasteiger partial charge on any atom is -0.378 e. The number of thioether (sulfide) groups is 1. The van der Waals surface area contributed by atoms with Gasteiger partial charge in [-0.3, -0.25) is 0 Å². The van der Waals surface area contributed by atoms with E-state index in [1.165, 1.54) is 0 Å². The molecule has 0 spiro atoms. The predicted molar refractivity (Wildman–Crippen MR) is 71.9 cm³/mol. The summed E-state index contributed by atoms with van der Waals surface area (Å²) in [5.41, 5.74) is -0.276. The third-order valence-electron chi connectivity index (χ3n) is 2.60. The van der Waals surface area contributed by atoms with Crippen molar-refractivity contribution in [3.8, 4) is 11.8 Å². The molecule has 0 aliphatic heterocycles. The number of hydrogen-bond acceptors (Lipinski definition) is 3. The maximum absolute atomic E-state index is 9.85. The topological polar surface area (TPSA) is 40.5 Å². The second-order valence-corrected chi connectivity index (χ2v) is 4.95. The van der Waals surface area contributed by atoms with Crippen molar-refractivity contribution >= 4 is 11.8 Å². The highest BCUT2D eigenvalue weighted by Gasteiger charge is 2.13. The Kier molecular flexibility index (Phi) is 5.07. The summed E-state index contributed by atoms with van der Waals surface area (Å²) in [5, 5.41) is 19.6. The van der Waals surface area contributed by atoms with E-state index in [9.17, 15) is 10.2 Å². The van der Waals surface area contributed by atoms with E-state index < -0.39 is 11.7 Å². The van der Waals surface area contributed by atoms with Gasteiger partial charge in [-0.05, 0) is 37.3 Å². The third kappa shape index (κ3) is 4.43. The molecule has 0 unspecified atom stereocenters. The zero-order valence-electron chi connectivity index (χ0n) is 10.4. The minimum atomic E-state index is -1.03. The van der Waals surface area contributed by atoms with E-state index in [4.69, 9.17) is 0 Å². The van der Waals surface area contributed by atoms with Gasteiger partial charge in [0.1, 0.15) is 11.7 Å². The van der Waals surface area contributed by atoms with Crippen LogP contribution in [0, 0.1) is 11.8 Å².